The molecule has 0 bridgehead atoms. The van der Waals surface area contributed by atoms with Crippen LogP contribution >= 0.6 is 0 Å². The number of ether oxygens (including phenoxy) is 2. The number of nitrogen functional groups attached to an aromatic ring is 1. The van der Waals surface area contributed by atoms with E-state index in [1.807, 2.05) is 6.07 Å². The maximum atomic E-state index is 11.7. The number of carbonyl (C=O) groups is 1. The second-order valence-electron chi connectivity index (χ2n) is 3.71. The van der Waals surface area contributed by atoms with Crippen molar-refractivity contribution in [3.8, 4) is 11.8 Å². The molecule has 0 fully saturated rings. The molecule has 96 valence electrons. The third-order valence-corrected chi connectivity index (χ3v) is 2.39. The molecule has 1 rings (SSSR count). The topological polar surface area (TPSA) is 85.3 Å². The average Bonchev–Trinajstić information content (AvgIpc) is 2.38. The molecule has 0 aliphatic heterocycles. The van der Waals surface area contributed by atoms with Crippen LogP contribution in [-0.4, -0.2) is 19.7 Å². The summed E-state index contributed by atoms with van der Waals surface area (Å²) in [5, 5.41) is 8.35. The lowest BCUT2D eigenvalue weighted by Gasteiger charge is -2.07. The third kappa shape index (κ3) is 3.98. The van der Waals surface area contributed by atoms with Gasteiger partial charge in [0.1, 0.15) is 5.75 Å². The van der Waals surface area contributed by atoms with E-state index in [2.05, 4.69) is 0 Å². The van der Waals surface area contributed by atoms with Crippen molar-refractivity contribution >= 4 is 11.7 Å². The quantitative estimate of drug-likeness (QED) is 0.473. The van der Waals surface area contributed by atoms with Crippen LogP contribution in [0.3, 0.4) is 0 Å². The van der Waals surface area contributed by atoms with Crippen molar-refractivity contribution in [2.24, 2.45) is 0 Å². The molecule has 0 aliphatic rings. The van der Waals surface area contributed by atoms with Gasteiger partial charge in [0.25, 0.3) is 0 Å². The molecule has 0 radical (unpaired) electrons. The van der Waals surface area contributed by atoms with Gasteiger partial charge in [0, 0.05) is 6.42 Å². The molecular weight excluding hydrogens is 232 g/mol. The molecule has 0 amide bonds. The molecular formula is C13H16N2O3. The van der Waals surface area contributed by atoms with Gasteiger partial charge in [0.05, 0.1) is 31.0 Å². The van der Waals surface area contributed by atoms with Gasteiger partial charge in [-0.3, -0.25) is 0 Å². The van der Waals surface area contributed by atoms with Gasteiger partial charge in [0.2, 0.25) is 0 Å². The first-order chi connectivity index (χ1) is 8.69. The monoisotopic (exact) mass is 248 g/mol. The number of carbonyl (C=O) groups excluding carboxylic acids is 1. The van der Waals surface area contributed by atoms with Crippen LogP contribution in [0, 0.1) is 11.3 Å². The second-order valence-corrected chi connectivity index (χ2v) is 3.71. The second kappa shape index (κ2) is 7.17. The number of benzene rings is 1. The molecule has 0 heterocycles. The van der Waals surface area contributed by atoms with Crippen LogP contribution in [0.5, 0.6) is 5.75 Å². The van der Waals surface area contributed by atoms with Crippen molar-refractivity contribution in [2.75, 3.05) is 19.5 Å². The fourth-order valence-electron chi connectivity index (χ4n) is 1.39. The summed E-state index contributed by atoms with van der Waals surface area (Å²) in [6, 6.07) is 6.78. The Balaban J connectivity index is 2.49. The third-order valence-electron chi connectivity index (χ3n) is 2.39. The van der Waals surface area contributed by atoms with Gasteiger partial charge in [-0.25, -0.2) is 4.79 Å². The fourth-order valence-corrected chi connectivity index (χ4v) is 1.39. The number of methoxy groups -OCH3 is 1. The molecule has 0 saturated carbocycles. The van der Waals surface area contributed by atoms with Gasteiger partial charge in [-0.1, -0.05) is 0 Å². The van der Waals surface area contributed by atoms with Crippen molar-refractivity contribution in [1.82, 2.24) is 0 Å². The van der Waals surface area contributed by atoms with Crippen molar-refractivity contribution in [2.45, 2.75) is 19.3 Å². The zero-order valence-corrected chi connectivity index (χ0v) is 10.3. The normalized spacial score (nSPS) is 9.56. The summed E-state index contributed by atoms with van der Waals surface area (Å²) in [4.78, 5) is 11.7. The molecule has 0 saturated heterocycles. The molecule has 0 unspecified atom stereocenters. The summed E-state index contributed by atoms with van der Waals surface area (Å²) in [5.41, 5.74) is 6.53. The molecule has 0 spiro atoms. The number of unbranched alkanes of at least 4 members (excludes halogenated alkanes) is 2. The number of hydrogen-bond acceptors (Lipinski definition) is 5. The zero-order valence-electron chi connectivity index (χ0n) is 10.3. The Morgan fingerprint density at radius 3 is 2.89 bits per heavy atom. The van der Waals surface area contributed by atoms with E-state index in [-0.39, 0.29) is 0 Å². The van der Waals surface area contributed by atoms with Gasteiger partial charge in [-0.15, -0.1) is 0 Å². The standard InChI is InChI=1S/C13H16N2O3/c1-17-12-9-10(5-6-11(12)15)13(16)18-8-4-2-3-7-14/h5-6,9H,2-4,8,15H2,1H3. The Kier molecular flexibility index (Phi) is 5.52. The van der Waals surface area contributed by atoms with E-state index in [1.54, 1.807) is 18.2 Å². The molecule has 18 heavy (non-hydrogen) atoms. The summed E-state index contributed by atoms with van der Waals surface area (Å²) in [7, 11) is 1.49. The molecule has 1 aromatic rings. The summed E-state index contributed by atoms with van der Waals surface area (Å²) in [5.74, 6) is 0.0409. The first-order valence-electron chi connectivity index (χ1n) is 5.66. The Bertz CT molecular complexity index is 452. The predicted molar refractivity (Wildman–Crippen MR) is 67.2 cm³/mol. The van der Waals surface area contributed by atoms with Crippen LogP contribution in [0.15, 0.2) is 18.2 Å². The Morgan fingerprint density at radius 1 is 1.44 bits per heavy atom. The highest BCUT2D eigenvalue weighted by Crippen LogP contribution is 2.22. The van der Waals surface area contributed by atoms with E-state index >= 15 is 0 Å². The number of esters is 1. The molecule has 5 nitrogen and oxygen atoms in total. The highest BCUT2D eigenvalue weighted by atomic mass is 16.5. The minimum atomic E-state index is -0.412. The van der Waals surface area contributed by atoms with Gasteiger partial charge >= 0.3 is 5.97 Å². The Hall–Kier alpha value is -2.22. The van der Waals surface area contributed by atoms with Crippen LogP contribution in [0.25, 0.3) is 0 Å². The SMILES string of the molecule is COc1cc(C(=O)OCCCCC#N)ccc1N. The van der Waals surface area contributed by atoms with Crippen LogP contribution in [-0.2, 0) is 4.74 Å². The molecule has 0 aliphatic carbocycles. The number of rotatable bonds is 6. The van der Waals surface area contributed by atoms with Gasteiger partial charge in [0.15, 0.2) is 0 Å². The van der Waals surface area contributed by atoms with Gasteiger partial charge in [-0.05, 0) is 31.0 Å². The fraction of sp³-hybridized carbons (Fsp3) is 0.385. The first-order valence-corrected chi connectivity index (χ1v) is 5.66. The average molecular weight is 248 g/mol. The van der Waals surface area contributed by atoms with Crippen molar-refractivity contribution in [3.05, 3.63) is 23.8 Å². The maximum absolute atomic E-state index is 11.7. The maximum Gasteiger partial charge on any atom is 0.338 e. The Morgan fingerprint density at radius 2 is 2.22 bits per heavy atom. The lowest BCUT2D eigenvalue weighted by atomic mass is 10.2. The molecule has 1 aromatic carbocycles. The number of hydrogen-bond donors (Lipinski definition) is 1. The summed E-state index contributed by atoms with van der Waals surface area (Å²) in [6.07, 6.45) is 1.90. The van der Waals surface area contributed by atoms with Gasteiger partial charge in [-0.2, -0.15) is 5.26 Å². The highest BCUT2D eigenvalue weighted by molar-refractivity contribution is 5.90. The lowest BCUT2D eigenvalue weighted by molar-refractivity contribution is 0.0498. The number of nitrogens with zero attached hydrogens (tertiary/aromatic N) is 1. The largest absolute Gasteiger partial charge is 0.495 e. The van der Waals surface area contributed by atoms with E-state index in [9.17, 15) is 4.79 Å². The van der Waals surface area contributed by atoms with Crippen molar-refractivity contribution < 1.29 is 14.3 Å². The van der Waals surface area contributed by atoms with Crippen LogP contribution < -0.4 is 10.5 Å². The number of anilines is 1. The van der Waals surface area contributed by atoms with E-state index in [4.69, 9.17) is 20.5 Å². The smallest absolute Gasteiger partial charge is 0.338 e. The van der Waals surface area contributed by atoms with Gasteiger partial charge < -0.3 is 15.2 Å². The molecule has 5 heteroatoms. The van der Waals surface area contributed by atoms with E-state index < -0.39 is 5.97 Å². The molecule has 0 atom stereocenters. The highest BCUT2D eigenvalue weighted by Gasteiger charge is 2.09. The lowest BCUT2D eigenvalue weighted by Crippen LogP contribution is -2.07. The van der Waals surface area contributed by atoms with E-state index in [0.29, 0.717) is 36.4 Å². The van der Waals surface area contributed by atoms with Crippen molar-refractivity contribution in [1.29, 1.82) is 5.26 Å². The molecule has 2 N–H and O–H groups in total. The number of nitrogens with two attached hydrogens (primary N) is 1. The van der Waals surface area contributed by atoms with Crippen LogP contribution in [0.2, 0.25) is 0 Å². The summed E-state index contributed by atoms with van der Waals surface area (Å²) < 4.78 is 10.1. The zero-order chi connectivity index (χ0) is 13.4. The van der Waals surface area contributed by atoms with Crippen molar-refractivity contribution in [3.63, 3.8) is 0 Å². The summed E-state index contributed by atoms with van der Waals surface area (Å²) in [6.45, 7) is 0.313. The molecule has 0 aromatic heterocycles. The van der Waals surface area contributed by atoms with E-state index in [1.165, 1.54) is 7.11 Å². The minimum Gasteiger partial charge on any atom is -0.495 e. The van der Waals surface area contributed by atoms with Crippen LogP contribution in [0.1, 0.15) is 29.6 Å². The van der Waals surface area contributed by atoms with E-state index in [0.717, 1.165) is 6.42 Å². The summed E-state index contributed by atoms with van der Waals surface area (Å²) >= 11 is 0. The minimum absolute atomic E-state index is 0.313. The van der Waals surface area contributed by atoms with Crippen LogP contribution in [0.4, 0.5) is 5.69 Å². The number of nitriles is 1. The Labute approximate surface area is 106 Å². The first kappa shape index (κ1) is 13.8. The predicted octanol–water partition coefficient (Wildman–Crippen LogP) is 2.13.